The number of nitrogens with two attached hydrogens (primary N) is 1. The number of ether oxygens (including phenoxy) is 1. The predicted molar refractivity (Wildman–Crippen MR) is 72.1 cm³/mol. The summed E-state index contributed by atoms with van der Waals surface area (Å²) in [6.45, 7) is 5.94. The van der Waals surface area contributed by atoms with Crippen LogP contribution in [0.15, 0.2) is 30.3 Å². The summed E-state index contributed by atoms with van der Waals surface area (Å²) in [6.07, 6.45) is 0. The molecule has 100 valence electrons. The minimum Gasteiger partial charge on any atom is -0.377 e. The van der Waals surface area contributed by atoms with Crippen molar-refractivity contribution in [2.24, 2.45) is 5.73 Å². The summed E-state index contributed by atoms with van der Waals surface area (Å²) < 4.78 is 5.25. The lowest BCUT2D eigenvalue weighted by Crippen LogP contribution is -2.52. The lowest BCUT2D eigenvalue weighted by Gasteiger charge is -2.28. The molecule has 0 spiro atoms. The molecular weight excluding hydrogens is 228 g/mol. The number of rotatable bonds is 5. The molecule has 1 atom stereocenters. The van der Waals surface area contributed by atoms with E-state index >= 15 is 0 Å². The second-order valence-corrected chi connectivity index (χ2v) is 5.21. The third kappa shape index (κ3) is 3.55. The standard InChI is InChI=1S/C14H22N2O2/c1-13(2,18-4)10-16-12(17)14(3,15)11-8-6-5-7-9-11/h5-9H,10,15H2,1-4H3,(H,16,17). The molecule has 0 saturated heterocycles. The SMILES string of the molecule is COC(C)(C)CNC(=O)C(C)(N)c1ccccc1. The van der Waals surface area contributed by atoms with E-state index in [9.17, 15) is 4.79 Å². The van der Waals surface area contributed by atoms with Gasteiger partial charge in [-0.3, -0.25) is 4.79 Å². The first kappa shape index (κ1) is 14.7. The first-order valence-electron chi connectivity index (χ1n) is 5.97. The molecule has 0 saturated carbocycles. The molecule has 1 rings (SSSR count). The zero-order chi connectivity index (χ0) is 13.8. The summed E-state index contributed by atoms with van der Waals surface area (Å²) in [7, 11) is 1.62. The average molecular weight is 250 g/mol. The van der Waals surface area contributed by atoms with Crippen LogP contribution >= 0.6 is 0 Å². The molecule has 1 aromatic rings. The molecule has 1 amide bonds. The van der Waals surface area contributed by atoms with Gasteiger partial charge in [0.15, 0.2) is 0 Å². The number of nitrogens with one attached hydrogen (secondary N) is 1. The molecule has 1 aromatic carbocycles. The molecule has 0 bridgehead atoms. The van der Waals surface area contributed by atoms with E-state index in [2.05, 4.69) is 5.32 Å². The van der Waals surface area contributed by atoms with Crippen LogP contribution in [0, 0.1) is 0 Å². The molecule has 0 aliphatic carbocycles. The molecule has 0 fully saturated rings. The summed E-state index contributed by atoms with van der Waals surface area (Å²) in [5.41, 5.74) is 5.45. The van der Waals surface area contributed by atoms with Gasteiger partial charge in [0.05, 0.1) is 5.60 Å². The Labute approximate surface area is 109 Å². The van der Waals surface area contributed by atoms with E-state index in [4.69, 9.17) is 10.5 Å². The quantitative estimate of drug-likeness (QED) is 0.830. The molecule has 4 nitrogen and oxygen atoms in total. The summed E-state index contributed by atoms with van der Waals surface area (Å²) in [5, 5.41) is 2.82. The molecule has 4 heteroatoms. The van der Waals surface area contributed by atoms with E-state index in [1.54, 1.807) is 14.0 Å². The van der Waals surface area contributed by atoms with E-state index in [-0.39, 0.29) is 5.91 Å². The Hall–Kier alpha value is -1.39. The minimum atomic E-state index is -1.04. The van der Waals surface area contributed by atoms with E-state index in [0.29, 0.717) is 6.54 Å². The number of methoxy groups -OCH3 is 1. The van der Waals surface area contributed by atoms with Crippen LogP contribution in [0.5, 0.6) is 0 Å². The van der Waals surface area contributed by atoms with Gasteiger partial charge < -0.3 is 15.8 Å². The Kier molecular flexibility index (Phi) is 4.48. The molecule has 0 aliphatic heterocycles. The van der Waals surface area contributed by atoms with Crippen LogP contribution in [0.25, 0.3) is 0 Å². The van der Waals surface area contributed by atoms with Gasteiger partial charge in [0, 0.05) is 13.7 Å². The van der Waals surface area contributed by atoms with Crippen molar-refractivity contribution in [1.29, 1.82) is 0 Å². The van der Waals surface area contributed by atoms with Gasteiger partial charge in [-0.15, -0.1) is 0 Å². The zero-order valence-electron chi connectivity index (χ0n) is 11.5. The van der Waals surface area contributed by atoms with E-state index < -0.39 is 11.1 Å². The normalized spacial score (nSPS) is 14.9. The van der Waals surface area contributed by atoms with Crippen molar-refractivity contribution in [3.8, 4) is 0 Å². The highest BCUT2D eigenvalue weighted by atomic mass is 16.5. The number of amides is 1. The minimum absolute atomic E-state index is 0.209. The van der Waals surface area contributed by atoms with Crippen molar-refractivity contribution in [2.45, 2.75) is 31.9 Å². The summed E-state index contributed by atoms with van der Waals surface area (Å²) in [4.78, 5) is 12.1. The zero-order valence-corrected chi connectivity index (χ0v) is 11.5. The molecule has 0 radical (unpaired) electrons. The fourth-order valence-electron chi connectivity index (χ4n) is 1.46. The van der Waals surface area contributed by atoms with Crippen LogP contribution in [-0.4, -0.2) is 25.2 Å². The van der Waals surface area contributed by atoms with Crippen molar-refractivity contribution in [3.05, 3.63) is 35.9 Å². The van der Waals surface area contributed by atoms with Gasteiger partial charge in [-0.2, -0.15) is 0 Å². The van der Waals surface area contributed by atoms with Crippen molar-refractivity contribution >= 4 is 5.91 Å². The van der Waals surface area contributed by atoms with Gasteiger partial charge in [-0.1, -0.05) is 30.3 Å². The first-order valence-corrected chi connectivity index (χ1v) is 5.97. The van der Waals surface area contributed by atoms with Crippen LogP contribution in [0.2, 0.25) is 0 Å². The second kappa shape index (κ2) is 5.50. The van der Waals surface area contributed by atoms with Gasteiger partial charge in [0.1, 0.15) is 5.54 Å². The van der Waals surface area contributed by atoms with E-state index in [1.165, 1.54) is 0 Å². The Morgan fingerprint density at radius 3 is 2.33 bits per heavy atom. The molecule has 3 N–H and O–H groups in total. The molecular formula is C14H22N2O2. The van der Waals surface area contributed by atoms with Crippen LogP contribution in [-0.2, 0) is 15.1 Å². The second-order valence-electron chi connectivity index (χ2n) is 5.21. The average Bonchev–Trinajstić information content (AvgIpc) is 2.37. The van der Waals surface area contributed by atoms with Crippen molar-refractivity contribution in [3.63, 3.8) is 0 Å². The lowest BCUT2D eigenvalue weighted by atomic mass is 9.92. The van der Waals surface area contributed by atoms with Gasteiger partial charge in [0.25, 0.3) is 0 Å². The lowest BCUT2D eigenvalue weighted by molar-refractivity contribution is -0.127. The van der Waals surface area contributed by atoms with Crippen molar-refractivity contribution in [1.82, 2.24) is 5.32 Å². The Balaban J connectivity index is 2.72. The maximum absolute atomic E-state index is 12.1. The highest BCUT2D eigenvalue weighted by Crippen LogP contribution is 2.17. The Morgan fingerprint density at radius 2 is 1.83 bits per heavy atom. The smallest absolute Gasteiger partial charge is 0.244 e. The van der Waals surface area contributed by atoms with Crippen molar-refractivity contribution < 1.29 is 9.53 Å². The van der Waals surface area contributed by atoms with Crippen LogP contribution in [0.1, 0.15) is 26.3 Å². The molecule has 18 heavy (non-hydrogen) atoms. The Bertz CT molecular complexity index is 400. The fraction of sp³-hybridized carbons (Fsp3) is 0.500. The fourth-order valence-corrected chi connectivity index (χ4v) is 1.46. The van der Waals surface area contributed by atoms with Crippen LogP contribution in [0.3, 0.4) is 0 Å². The maximum atomic E-state index is 12.1. The number of carbonyl (C=O) groups is 1. The number of carbonyl (C=O) groups excluding carboxylic acids is 1. The molecule has 0 aromatic heterocycles. The van der Waals surface area contributed by atoms with Gasteiger partial charge in [0.2, 0.25) is 5.91 Å². The maximum Gasteiger partial charge on any atom is 0.244 e. The topological polar surface area (TPSA) is 64.3 Å². The van der Waals surface area contributed by atoms with Crippen molar-refractivity contribution in [2.75, 3.05) is 13.7 Å². The van der Waals surface area contributed by atoms with Crippen LogP contribution < -0.4 is 11.1 Å². The highest BCUT2D eigenvalue weighted by Gasteiger charge is 2.31. The molecule has 1 unspecified atom stereocenters. The Morgan fingerprint density at radius 1 is 1.28 bits per heavy atom. The summed E-state index contributed by atoms with van der Waals surface area (Å²) in [5.74, 6) is -0.209. The molecule has 0 heterocycles. The van der Waals surface area contributed by atoms with Gasteiger partial charge in [-0.25, -0.2) is 0 Å². The summed E-state index contributed by atoms with van der Waals surface area (Å²) in [6, 6.07) is 9.33. The third-order valence-electron chi connectivity index (χ3n) is 3.07. The summed E-state index contributed by atoms with van der Waals surface area (Å²) >= 11 is 0. The van der Waals surface area contributed by atoms with E-state index in [0.717, 1.165) is 5.56 Å². The number of benzene rings is 1. The first-order chi connectivity index (χ1) is 8.29. The monoisotopic (exact) mass is 250 g/mol. The van der Waals surface area contributed by atoms with Gasteiger partial charge in [-0.05, 0) is 26.3 Å². The third-order valence-corrected chi connectivity index (χ3v) is 3.07. The highest BCUT2D eigenvalue weighted by molar-refractivity contribution is 5.87. The van der Waals surface area contributed by atoms with Gasteiger partial charge >= 0.3 is 0 Å². The van der Waals surface area contributed by atoms with E-state index in [1.807, 2.05) is 44.2 Å². The van der Waals surface area contributed by atoms with Crippen LogP contribution in [0.4, 0.5) is 0 Å². The number of hydrogen-bond donors (Lipinski definition) is 2. The number of hydrogen-bond acceptors (Lipinski definition) is 3. The largest absolute Gasteiger partial charge is 0.377 e. The molecule has 0 aliphatic rings. The predicted octanol–water partition coefficient (Wildman–Crippen LogP) is 1.40.